The van der Waals surface area contributed by atoms with Crippen molar-refractivity contribution in [2.45, 2.75) is 56.5 Å². The molecular formula is C12H20BrNO3. The first kappa shape index (κ1) is 14.5. The van der Waals surface area contributed by atoms with Crippen LogP contribution in [0.3, 0.4) is 0 Å². The Morgan fingerprint density at radius 3 is 2.59 bits per heavy atom. The van der Waals surface area contributed by atoms with Crippen LogP contribution in [0.1, 0.15) is 40.5 Å². The highest BCUT2D eigenvalue weighted by atomic mass is 79.9. The van der Waals surface area contributed by atoms with E-state index in [0.29, 0.717) is 6.54 Å². The SMILES string of the molecule is CC1N(C(=O)OC(C)(C)C)CCCC1(Br)C=O. The van der Waals surface area contributed by atoms with Crippen molar-refractivity contribution in [2.75, 3.05) is 6.54 Å². The molecule has 98 valence electrons. The number of rotatable bonds is 1. The van der Waals surface area contributed by atoms with Crippen LogP contribution >= 0.6 is 15.9 Å². The molecule has 4 nitrogen and oxygen atoms in total. The van der Waals surface area contributed by atoms with Gasteiger partial charge in [0.1, 0.15) is 16.2 Å². The van der Waals surface area contributed by atoms with E-state index in [9.17, 15) is 9.59 Å². The van der Waals surface area contributed by atoms with Gasteiger partial charge in [0.25, 0.3) is 0 Å². The maximum atomic E-state index is 12.0. The number of hydrogen-bond donors (Lipinski definition) is 0. The number of amides is 1. The first-order valence-electron chi connectivity index (χ1n) is 5.84. The summed E-state index contributed by atoms with van der Waals surface area (Å²) >= 11 is 3.43. The lowest BCUT2D eigenvalue weighted by Gasteiger charge is -2.42. The second kappa shape index (κ2) is 4.96. The average Bonchev–Trinajstić information content (AvgIpc) is 2.19. The number of carbonyl (C=O) groups excluding carboxylic acids is 2. The molecule has 0 saturated carbocycles. The number of hydrogen-bond acceptors (Lipinski definition) is 3. The predicted octanol–water partition coefficient (Wildman–Crippen LogP) is 2.74. The van der Waals surface area contributed by atoms with Crippen molar-refractivity contribution in [1.82, 2.24) is 4.90 Å². The fraction of sp³-hybridized carbons (Fsp3) is 0.833. The van der Waals surface area contributed by atoms with Gasteiger partial charge >= 0.3 is 6.09 Å². The molecule has 0 bridgehead atoms. The first-order valence-corrected chi connectivity index (χ1v) is 6.64. The summed E-state index contributed by atoms with van der Waals surface area (Å²) in [6.07, 6.45) is 2.08. The summed E-state index contributed by atoms with van der Waals surface area (Å²) in [5.74, 6) is 0. The molecule has 0 spiro atoms. The first-order chi connectivity index (χ1) is 7.69. The zero-order chi connectivity index (χ0) is 13.3. The van der Waals surface area contributed by atoms with Crippen LogP contribution in [0.5, 0.6) is 0 Å². The summed E-state index contributed by atoms with van der Waals surface area (Å²) in [6.45, 7) is 8.01. The minimum Gasteiger partial charge on any atom is -0.444 e. The van der Waals surface area contributed by atoms with Crippen LogP contribution < -0.4 is 0 Å². The van der Waals surface area contributed by atoms with Crippen molar-refractivity contribution in [3.05, 3.63) is 0 Å². The van der Waals surface area contributed by atoms with Gasteiger partial charge < -0.3 is 14.4 Å². The van der Waals surface area contributed by atoms with Crippen molar-refractivity contribution in [3.8, 4) is 0 Å². The van der Waals surface area contributed by atoms with Crippen molar-refractivity contribution in [2.24, 2.45) is 0 Å². The monoisotopic (exact) mass is 305 g/mol. The molecule has 0 aromatic rings. The summed E-state index contributed by atoms with van der Waals surface area (Å²) in [6, 6.07) is -0.191. The maximum absolute atomic E-state index is 12.0. The van der Waals surface area contributed by atoms with Gasteiger partial charge in [0.2, 0.25) is 0 Å². The van der Waals surface area contributed by atoms with Crippen molar-refractivity contribution in [3.63, 3.8) is 0 Å². The molecule has 1 heterocycles. The van der Waals surface area contributed by atoms with E-state index in [1.807, 2.05) is 27.7 Å². The molecule has 1 rings (SSSR count). The Bertz CT molecular complexity index is 313. The van der Waals surface area contributed by atoms with E-state index in [-0.39, 0.29) is 12.1 Å². The Morgan fingerprint density at radius 1 is 1.53 bits per heavy atom. The Morgan fingerprint density at radius 2 is 2.12 bits per heavy atom. The number of halogens is 1. The number of piperidine rings is 1. The molecule has 0 aromatic heterocycles. The molecule has 1 aliphatic rings. The Balaban J connectivity index is 2.77. The number of alkyl halides is 1. The third-order valence-electron chi connectivity index (χ3n) is 2.94. The van der Waals surface area contributed by atoms with E-state index >= 15 is 0 Å². The lowest BCUT2D eigenvalue weighted by atomic mass is 9.91. The van der Waals surface area contributed by atoms with E-state index in [4.69, 9.17) is 4.74 Å². The molecule has 1 amide bonds. The lowest BCUT2D eigenvalue weighted by molar-refractivity contribution is -0.111. The topological polar surface area (TPSA) is 46.6 Å². The zero-order valence-electron chi connectivity index (χ0n) is 10.8. The summed E-state index contributed by atoms with van der Waals surface area (Å²) in [5.41, 5.74) is -0.510. The second-order valence-electron chi connectivity index (χ2n) is 5.50. The van der Waals surface area contributed by atoms with E-state index in [1.54, 1.807) is 4.90 Å². The van der Waals surface area contributed by atoms with Crippen LogP contribution in [-0.2, 0) is 9.53 Å². The highest BCUT2D eigenvalue weighted by Gasteiger charge is 2.43. The van der Waals surface area contributed by atoms with Crippen LogP contribution in [0.2, 0.25) is 0 Å². The smallest absolute Gasteiger partial charge is 0.410 e. The molecular weight excluding hydrogens is 286 g/mol. The van der Waals surface area contributed by atoms with Gasteiger partial charge in [-0.25, -0.2) is 4.79 Å². The summed E-state index contributed by atoms with van der Waals surface area (Å²) in [7, 11) is 0. The van der Waals surface area contributed by atoms with Crippen LogP contribution in [0.25, 0.3) is 0 Å². The highest BCUT2D eigenvalue weighted by Crippen LogP contribution is 2.34. The number of ether oxygens (including phenoxy) is 1. The van der Waals surface area contributed by atoms with Gasteiger partial charge in [-0.3, -0.25) is 0 Å². The molecule has 1 saturated heterocycles. The Kier molecular flexibility index (Phi) is 4.23. The fourth-order valence-electron chi connectivity index (χ4n) is 1.91. The molecule has 1 fully saturated rings. The highest BCUT2D eigenvalue weighted by molar-refractivity contribution is 9.10. The molecule has 2 atom stereocenters. The predicted molar refractivity (Wildman–Crippen MR) is 69.4 cm³/mol. The maximum Gasteiger partial charge on any atom is 0.410 e. The van der Waals surface area contributed by atoms with Gasteiger partial charge in [-0.05, 0) is 40.5 Å². The average molecular weight is 306 g/mol. The molecule has 0 radical (unpaired) electrons. The van der Waals surface area contributed by atoms with Crippen molar-refractivity contribution >= 4 is 28.3 Å². The Labute approximate surface area is 111 Å². The van der Waals surface area contributed by atoms with Crippen LogP contribution in [0.4, 0.5) is 4.79 Å². The normalized spacial score (nSPS) is 29.9. The van der Waals surface area contributed by atoms with Gasteiger partial charge in [0, 0.05) is 6.54 Å². The van der Waals surface area contributed by atoms with Gasteiger partial charge in [-0.15, -0.1) is 0 Å². The summed E-state index contributed by atoms with van der Waals surface area (Å²) < 4.78 is 4.70. The molecule has 17 heavy (non-hydrogen) atoms. The van der Waals surface area contributed by atoms with Gasteiger partial charge in [0.05, 0.1) is 6.04 Å². The summed E-state index contributed by atoms with van der Waals surface area (Å²) in [4.78, 5) is 24.7. The minimum atomic E-state index is -0.637. The third kappa shape index (κ3) is 3.44. The number of likely N-dealkylation sites (tertiary alicyclic amines) is 1. The van der Waals surface area contributed by atoms with Gasteiger partial charge in [0.15, 0.2) is 0 Å². The standard InChI is InChI=1S/C12H20BrNO3/c1-9-12(13,8-15)6-5-7-14(9)10(16)17-11(2,3)4/h8-9H,5-7H2,1-4H3. The molecule has 0 aliphatic carbocycles. The minimum absolute atomic E-state index is 0.191. The molecule has 1 aliphatic heterocycles. The Hall–Kier alpha value is -0.580. The van der Waals surface area contributed by atoms with E-state index in [0.717, 1.165) is 19.1 Å². The largest absolute Gasteiger partial charge is 0.444 e. The van der Waals surface area contributed by atoms with Crippen LogP contribution in [0, 0.1) is 0 Å². The third-order valence-corrected chi connectivity index (χ3v) is 4.19. The zero-order valence-corrected chi connectivity index (χ0v) is 12.4. The second-order valence-corrected chi connectivity index (χ2v) is 6.97. The molecule has 2 unspecified atom stereocenters. The summed E-state index contributed by atoms with van der Waals surface area (Å²) in [5, 5.41) is 0. The van der Waals surface area contributed by atoms with Gasteiger partial charge in [-0.2, -0.15) is 0 Å². The van der Waals surface area contributed by atoms with Crippen LogP contribution in [0.15, 0.2) is 0 Å². The van der Waals surface area contributed by atoms with E-state index in [2.05, 4.69) is 15.9 Å². The van der Waals surface area contributed by atoms with E-state index in [1.165, 1.54) is 0 Å². The van der Waals surface area contributed by atoms with Crippen molar-refractivity contribution in [1.29, 1.82) is 0 Å². The van der Waals surface area contributed by atoms with Crippen LogP contribution in [-0.4, -0.2) is 39.8 Å². The number of nitrogens with zero attached hydrogens (tertiary/aromatic N) is 1. The van der Waals surface area contributed by atoms with Crippen molar-refractivity contribution < 1.29 is 14.3 Å². The lowest BCUT2D eigenvalue weighted by Crippen LogP contribution is -2.55. The molecule has 5 heteroatoms. The quantitative estimate of drug-likeness (QED) is 0.553. The number of carbonyl (C=O) groups is 2. The molecule has 0 aromatic carbocycles. The fourth-order valence-corrected chi connectivity index (χ4v) is 2.44. The van der Waals surface area contributed by atoms with Gasteiger partial charge in [-0.1, -0.05) is 15.9 Å². The van der Waals surface area contributed by atoms with E-state index < -0.39 is 9.93 Å². The molecule has 0 N–H and O–H groups in total. The number of aldehydes is 1.